The molecule has 0 amide bonds. The van der Waals surface area contributed by atoms with Gasteiger partial charge in [0.1, 0.15) is 0 Å². The summed E-state index contributed by atoms with van der Waals surface area (Å²) in [5.74, 6) is 17.9. The van der Waals surface area contributed by atoms with Crippen molar-refractivity contribution in [2.24, 2.45) is 118 Å². The van der Waals surface area contributed by atoms with Crippen LogP contribution in [0.2, 0.25) is 0 Å². The van der Waals surface area contributed by atoms with Crippen molar-refractivity contribution >= 4 is 0 Å². The summed E-state index contributed by atoms with van der Waals surface area (Å²) in [6, 6.07) is 0. The second kappa shape index (κ2) is 32.0. The van der Waals surface area contributed by atoms with Gasteiger partial charge in [-0.05, 0) is 195 Å². The highest BCUT2D eigenvalue weighted by Crippen LogP contribution is 2.38. The SMILES string of the molecule is CC(C)C1C=CC(C(C)C)C=C1.CC(C)C1C=CC(C(C)C)CC1.CC(C)C1CCC(C(C)C)CC1.CC(C)CC1CCC(C(C)C)CC1.CC(C)CC1CCC(C(C)C)CC1. The second-order valence-corrected chi connectivity index (χ2v) is 25.7. The fraction of sp³-hybridized carbons (Fsp3) is 0.903. The molecule has 0 radical (unpaired) electrons. The fourth-order valence-corrected chi connectivity index (χ4v) is 11.5. The quantitative estimate of drug-likeness (QED) is 0.172. The van der Waals surface area contributed by atoms with E-state index in [1.807, 2.05) is 0 Å². The van der Waals surface area contributed by atoms with Gasteiger partial charge in [0.05, 0.1) is 0 Å². The standard InChI is InChI=1S/2C13H26.C12H24.C12H22.C12H20/c2*1-10(2)9-12-5-7-13(8-6-12)11(3)4;3*1-9(2)11-5-7-12(8-6-11)10(3)4/h2*10-13H,5-9H2,1-4H3;9-12H,5-8H2,1-4H3;5,7,9-12H,6,8H2,1-4H3;5-12H,1-4H3. The van der Waals surface area contributed by atoms with E-state index in [0.717, 1.165) is 107 Å². The number of allylic oxidation sites excluding steroid dienone is 6. The molecule has 0 bridgehead atoms. The molecule has 2 atom stereocenters. The fourth-order valence-electron chi connectivity index (χ4n) is 11.5. The van der Waals surface area contributed by atoms with Gasteiger partial charge in [0.15, 0.2) is 0 Å². The molecule has 0 aromatic rings. The molecule has 0 heteroatoms. The maximum atomic E-state index is 2.44. The molecule has 62 heavy (non-hydrogen) atoms. The van der Waals surface area contributed by atoms with E-state index in [0.29, 0.717) is 11.8 Å². The van der Waals surface area contributed by atoms with Crippen molar-refractivity contribution in [3.8, 4) is 0 Å². The highest BCUT2D eigenvalue weighted by molar-refractivity contribution is 5.14. The molecule has 0 saturated heterocycles. The smallest absolute Gasteiger partial charge is 0.00300 e. The molecule has 0 spiro atoms. The summed E-state index contributed by atoms with van der Waals surface area (Å²) in [6.45, 7) is 46.8. The number of hydrogen-bond donors (Lipinski definition) is 0. The van der Waals surface area contributed by atoms with Crippen LogP contribution in [0, 0.1) is 118 Å². The molecule has 0 aromatic heterocycles. The molecule has 0 N–H and O–H groups in total. The van der Waals surface area contributed by atoms with Crippen LogP contribution in [0.15, 0.2) is 36.5 Å². The number of hydrogen-bond acceptors (Lipinski definition) is 0. The van der Waals surface area contributed by atoms with Gasteiger partial charge < -0.3 is 0 Å². The average Bonchev–Trinajstić information content (AvgIpc) is 3.21. The summed E-state index contributed by atoms with van der Waals surface area (Å²) < 4.78 is 0. The molecule has 5 aliphatic rings. The van der Waals surface area contributed by atoms with Crippen molar-refractivity contribution in [3.05, 3.63) is 36.5 Å². The Morgan fingerprint density at radius 1 is 0.258 bits per heavy atom. The third kappa shape index (κ3) is 25.2. The van der Waals surface area contributed by atoms with Crippen LogP contribution in [0.25, 0.3) is 0 Å². The normalized spacial score (nSPS) is 30.1. The Kier molecular flexibility index (Phi) is 30.6. The van der Waals surface area contributed by atoms with Crippen molar-refractivity contribution in [2.45, 2.75) is 241 Å². The highest BCUT2D eigenvalue weighted by Gasteiger charge is 2.26. The molecule has 2 unspecified atom stereocenters. The third-order valence-electron chi connectivity index (χ3n) is 16.8. The van der Waals surface area contributed by atoms with Crippen LogP contribution in [-0.2, 0) is 0 Å². The molecule has 3 saturated carbocycles. The van der Waals surface area contributed by atoms with Crippen LogP contribution >= 0.6 is 0 Å². The molecule has 366 valence electrons. The van der Waals surface area contributed by atoms with E-state index in [4.69, 9.17) is 0 Å². The summed E-state index contributed by atoms with van der Waals surface area (Å²) in [7, 11) is 0. The maximum Gasteiger partial charge on any atom is -0.00300 e. The summed E-state index contributed by atoms with van der Waals surface area (Å²) in [5.41, 5.74) is 0. The first-order valence-electron chi connectivity index (χ1n) is 28.1. The van der Waals surface area contributed by atoms with Gasteiger partial charge in [-0.15, -0.1) is 0 Å². The predicted octanol–water partition coefficient (Wildman–Crippen LogP) is 20.6. The van der Waals surface area contributed by atoms with Gasteiger partial charge in [0.25, 0.3) is 0 Å². The van der Waals surface area contributed by atoms with Gasteiger partial charge >= 0.3 is 0 Å². The van der Waals surface area contributed by atoms with Gasteiger partial charge in [-0.2, -0.15) is 0 Å². The molecule has 0 aliphatic heterocycles. The first-order valence-corrected chi connectivity index (χ1v) is 28.1. The van der Waals surface area contributed by atoms with Crippen LogP contribution in [0.5, 0.6) is 0 Å². The summed E-state index contributed by atoms with van der Waals surface area (Å²) in [4.78, 5) is 0. The van der Waals surface area contributed by atoms with Crippen molar-refractivity contribution in [1.29, 1.82) is 0 Å². The molecule has 5 aliphatic carbocycles. The lowest BCUT2D eigenvalue weighted by Gasteiger charge is -2.32. The largest absolute Gasteiger partial charge is 0.0849 e. The van der Waals surface area contributed by atoms with Crippen LogP contribution < -0.4 is 0 Å². The molecule has 3 fully saturated rings. The van der Waals surface area contributed by atoms with E-state index in [-0.39, 0.29) is 0 Å². The van der Waals surface area contributed by atoms with E-state index >= 15 is 0 Å². The Balaban J connectivity index is 0.000000388. The Morgan fingerprint density at radius 3 is 0.645 bits per heavy atom. The first-order chi connectivity index (χ1) is 29.0. The van der Waals surface area contributed by atoms with E-state index in [1.54, 1.807) is 0 Å². The van der Waals surface area contributed by atoms with Gasteiger partial charge in [-0.3, -0.25) is 0 Å². The minimum Gasteiger partial charge on any atom is -0.0849 e. The van der Waals surface area contributed by atoms with Crippen LogP contribution in [0.1, 0.15) is 241 Å². The molecule has 0 nitrogen and oxygen atoms in total. The lowest BCUT2D eigenvalue weighted by molar-refractivity contribution is 0.189. The molecular weight excluding hydrogens is 745 g/mol. The highest BCUT2D eigenvalue weighted by atomic mass is 14.3. The van der Waals surface area contributed by atoms with Crippen LogP contribution in [-0.4, -0.2) is 0 Å². The van der Waals surface area contributed by atoms with Crippen LogP contribution in [0.4, 0.5) is 0 Å². The van der Waals surface area contributed by atoms with Gasteiger partial charge in [0, 0.05) is 0 Å². The monoisotopic (exact) mass is 863 g/mol. The van der Waals surface area contributed by atoms with Crippen molar-refractivity contribution in [2.75, 3.05) is 0 Å². The van der Waals surface area contributed by atoms with E-state index in [9.17, 15) is 0 Å². The third-order valence-corrected chi connectivity index (χ3v) is 16.8. The van der Waals surface area contributed by atoms with E-state index in [2.05, 4.69) is 175 Å². The molecule has 5 rings (SSSR count). The van der Waals surface area contributed by atoms with E-state index in [1.165, 1.54) is 103 Å². The van der Waals surface area contributed by atoms with E-state index < -0.39 is 0 Å². The summed E-state index contributed by atoms with van der Waals surface area (Å²) in [5, 5.41) is 0. The molecular formula is C62H118. The average molecular weight is 864 g/mol. The van der Waals surface area contributed by atoms with Gasteiger partial charge in [0.2, 0.25) is 0 Å². The lowest BCUT2D eigenvalue weighted by Crippen LogP contribution is -2.21. The van der Waals surface area contributed by atoms with Gasteiger partial charge in [-0.25, -0.2) is 0 Å². The minimum atomic E-state index is 0.667. The Labute approximate surface area is 394 Å². The Morgan fingerprint density at radius 2 is 0.484 bits per heavy atom. The lowest BCUT2D eigenvalue weighted by atomic mass is 9.73. The molecule has 0 aromatic carbocycles. The Hall–Kier alpha value is -0.780. The maximum absolute atomic E-state index is 2.44. The number of rotatable bonds is 12. The van der Waals surface area contributed by atoms with Gasteiger partial charge in [-0.1, -0.05) is 201 Å². The van der Waals surface area contributed by atoms with Crippen LogP contribution in [0.3, 0.4) is 0 Å². The zero-order valence-corrected chi connectivity index (χ0v) is 46.3. The zero-order valence-electron chi connectivity index (χ0n) is 46.3. The predicted molar refractivity (Wildman–Crippen MR) is 285 cm³/mol. The first kappa shape index (κ1) is 59.2. The van der Waals surface area contributed by atoms with Crippen molar-refractivity contribution in [1.82, 2.24) is 0 Å². The topological polar surface area (TPSA) is 0 Å². The zero-order chi connectivity index (χ0) is 47.1. The van der Waals surface area contributed by atoms with Crippen molar-refractivity contribution < 1.29 is 0 Å². The second-order valence-electron chi connectivity index (χ2n) is 25.7. The molecule has 0 heterocycles. The van der Waals surface area contributed by atoms with Crippen molar-refractivity contribution in [3.63, 3.8) is 0 Å². The summed E-state index contributed by atoms with van der Waals surface area (Å²) >= 11 is 0. The Bertz CT molecular complexity index is 1020. The minimum absolute atomic E-state index is 0.667. The summed E-state index contributed by atoms with van der Waals surface area (Å²) in [6.07, 6.45) is 38.0.